The number of carbonyl (C=O) groups is 1. The van der Waals surface area contributed by atoms with E-state index in [1.165, 1.54) is 0 Å². The summed E-state index contributed by atoms with van der Waals surface area (Å²) >= 11 is 6.06. The molecule has 1 fully saturated rings. The molecule has 120 valence electrons. The van der Waals surface area contributed by atoms with E-state index in [1.807, 2.05) is 24.3 Å². The molecule has 2 heterocycles. The molecule has 23 heavy (non-hydrogen) atoms. The van der Waals surface area contributed by atoms with Crippen molar-refractivity contribution in [2.24, 2.45) is 0 Å². The summed E-state index contributed by atoms with van der Waals surface area (Å²) in [7, 11) is 1.65. The lowest BCUT2D eigenvalue weighted by atomic mass is 10.2. The molecule has 2 aromatic rings. The molecular formula is C17H18ClN3O2. The van der Waals surface area contributed by atoms with Crippen LogP contribution in [-0.4, -0.2) is 49.1 Å². The van der Waals surface area contributed by atoms with Gasteiger partial charge < -0.3 is 14.5 Å². The number of rotatable bonds is 3. The minimum absolute atomic E-state index is 0.106. The molecule has 1 saturated heterocycles. The first kappa shape index (κ1) is 15.6. The molecule has 1 aromatic carbocycles. The van der Waals surface area contributed by atoms with E-state index < -0.39 is 0 Å². The van der Waals surface area contributed by atoms with Gasteiger partial charge in [0.25, 0.3) is 5.91 Å². The number of piperazine rings is 1. The highest BCUT2D eigenvalue weighted by atomic mass is 35.5. The molecule has 0 spiro atoms. The number of halogens is 1. The summed E-state index contributed by atoms with van der Waals surface area (Å²) < 4.78 is 5.17. The predicted octanol–water partition coefficient (Wildman–Crippen LogP) is 2.71. The van der Waals surface area contributed by atoms with Gasteiger partial charge in [-0.1, -0.05) is 11.6 Å². The summed E-state index contributed by atoms with van der Waals surface area (Å²) in [5, 5.41) is 0.398. The Morgan fingerprint density at radius 3 is 2.43 bits per heavy atom. The first-order valence-electron chi connectivity index (χ1n) is 7.48. The van der Waals surface area contributed by atoms with Crippen LogP contribution in [0.15, 0.2) is 42.6 Å². The average molecular weight is 332 g/mol. The van der Waals surface area contributed by atoms with Crippen molar-refractivity contribution in [3.63, 3.8) is 0 Å². The first-order chi connectivity index (χ1) is 11.2. The lowest BCUT2D eigenvalue weighted by Crippen LogP contribution is -2.49. The molecule has 5 nitrogen and oxygen atoms in total. The number of pyridine rings is 1. The number of carbonyl (C=O) groups excluding carboxylic acids is 1. The highest BCUT2D eigenvalue weighted by molar-refractivity contribution is 6.33. The fraction of sp³-hybridized carbons (Fsp3) is 0.294. The molecule has 6 heteroatoms. The third-order valence-corrected chi connectivity index (χ3v) is 4.27. The highest BCUT2D eigenvalue weighted by Crippen LogP contribution is 2.21. The molecule has 0 atom stereocenters. The van der Waals surface area contributed by atoms with Crippen molar-refractivity contribution in [3.8, 4) is 5.75 Å². The fourth-order valence-electron chi connectivity index (χ4n) is 2.65. The summed E-state index contributed by atoms with van der Waals surface area (Å²) in [6, 6.07) is 11.4. The van der Waals surface area contributed by atoms with Crippen molar-refractivity contribution in [3.05, 3.63) is 53.3 Å². The van der Waals surface area contributed by atoms with Crippen LogP contribution in [0.3, 0.4) is 0 Å². The molecule has 0 N–H and O–H groups in total. The SMILES string of the molecule is COc1ccc(N2CCN(C(=O)c3ncccc3Cl)CC2)cc1. The van der Waals surface area contributed by atoms with E-state index in [2.05, 4.69) is 9.88 Å². The fourth-order valence-corrected chi connectivity index (χ4v) is 2.86. The van der Waals surface area contributed by atoms with Crippen molar-refractivity contribution < 1.29 is 9.53 Å². The van der Waals surface area contributed by atoms with Crippen molar-refractivity contribution in [2.45, 2.75) is 0 Å². The third-order valence-electron chi connectivity index (χ3n) is 3.97. The Morgan fingerprint density at radius 2 is 1.83 bits per heavy atom. The van der Waals surface area contributed by atoms with Crippen LogP contribution in [0.25, 0.3) is 0 Å². The Hall–Kier alpha value is -2.27. The van der Waals surface area contributed by atoms with Gasteiger partial charge in [-0.3, -0.25) is 4.79 Å². The van der Waals surface area contributed by atoms with Gasteiger partial charge in [0.05, 0.1) is 12.1 Å². The monoisotopic (exact) mass is 331 g/mol. The van der Waals surface area contributed by atoms with Gasteiger partial charge in [0.1, 0.15) is 11.4 Å². The molecule has 1 amide bonds. The molecule has 0 unspecified atom stereocenters. The molecular weight excluding hydrogens is 314 g/mol. The molecule has 3 rings (SSSR count). The Balaban J connectivity index is 1.64. The van der Waals surface area contributed by atoms with Gasteiger partial charge in [0.15, 0.2) is 0 Å². The normalized spacial score (nSPS) is 14.7. The zero-order valence-corrected chi connectivity index (χ0v) is 13.7. The molecule has 0 radical (unpaired) electrons. The van der Waals surface area contributed by atoms with Crippen LogP contribution in [0.5, 0.6) is 5.75 Å². The number of hydrogen-bond donors (Lipinski definition) is 0. The Kier molecular flexibility index (Phi) is 4.67. The van der Waals surface area contributed by atoms with E-state index in [1.54, 1.807) is 30.3 Å². The minimum atomic E-state index is -0.106. The maximum absolute atomic E-state index is 12.5. The van der Waals surface area contributed by atoms with E-state index in [-0.39, 0.29) is 5.91 Å². The number of methoxy groups -OCH3 is 1. The van der Waals surface area contributed by atoms with Crippen LogP contribution < -0.4 is 9.64 Å². The van der Waals surface area contributed by atoms with Crippen LogP contribution in [0, 0.1) is 0 Å². The number of aromatic nitrogens is 1. The van der Waals surface area contributed by atoms with Crippen LogP contribution in [0.2, 0.25) is 5.02 Å². The summed E-state index contributed by atoms with van der Waals surface area (Å²) in [4.78, 5) is 20.6. The van der Waals surface area contributed by atoms with Crippen LogP contribution in [0.1, 0.15) is 10.5 Å². The lowest BCUT2D eigenvalue weighted by Gasteiger charge is -2.36. The summed E-state index contributed by atoms with van der Waals surface area (Å²) in [6.07, 6.45) is 1.59. The second-order valence-corrected chi connectivity index (χ2v) is 5.72. The number of benzene rings is 1. The summed E-state index contributed by atoms with van der Waals surface area (Å²) in [6.45, 7) is 2.86. The predicted molar refractivity (Wildman–Crippen MR) is 90.4 cm³/mol. The van der Waals surface area contributed by atoms with Crippen molar-refractivity contribution in [2.75, 3.05) is 38.2 Å². The number of hydrogen-bond acceptors (Lipinski definition) is 4. The maximum Gasteiger partial charge on any atom is 0.274 e. The smallest absolute Gasteiger partial charge is 0.274 e. The number of amides is 1. The second kappa shape index (κ2) is 6.87. The molecule has 0 aliphatic carbocycles. The van der Waals surface area contributed by atoms with E-state index >= 15 is 0 Å². The minimum Gasteiger partial charge on any atom is -0.497 e. The van der Waals surface area contributed by atoms with Gasteiger partial charge in [-0.15, -0.1) is 0 Å². The molecule has 0 bridgehead atoms. The third kappa shape index (κ3) is 3.40. The lowest BCUT2D eigenvalue weighted by molar-refractivity contribution is 0.0741. The number of nitrogens with zero attached hydrogens (tertiary/aromatic N) is 3. The quantitative estimate of drug-likeness (QED) is 0.867. The van der Waals surface area contributed by atoms with E-state index in [0.717, 1.165) is 24.5 Å². The second-order valence-electron chi connectivity index (χ2n) is 5.31. The molecule has 1 aliphatic rings. The first-order valence-corrected chi connectivity index (χ1v) is 7.85. The Labute approximate surface area is 140 Å². The standard InChI is InChI=1S/C17H18ClN3O2/c1-23-14-6-4-13(5-7-14)20-9-11-21(12-10-20)17(22)16-15(18)3-2-8-19-16/h2-8H,9-12H2,1H3. The topological polar surface area (TPSA) is 45.7 Å². The van der Waals surface area contributed by atoms with E-state index in [0.29, 0.717) is 23.8 Å². The molecule has 1 aromatic heterocycles. The van der Waals surface area contributed by atoms with E-state index in [4.69, 9.17) is 16.3 Å². The molecule has 1 aliphatic heterocycles. The van der Waals surface area contributed by atoms with Gasteiger partial charge in [-0.25, -0.2) is 4.98 Å². The van der Waals surface area contributed by atoms with Crippen molar-refractivity contribution in [1.82, 2.24) is 9.88 Å². The van der Waals surface area contributed by atoms with Crippen LogP contribution in [0.4, 0.5) is 5.69 Å². The van der Waals surface area contributed by atoms with Gasteiger partial charge in [-0.05, 0) is 36.4 Å². The Bertz CT molecular complexity index is 682. The maximum atomic E-state index is 12.5. The van der Waals surface area contributed by atoms with Crippen molar-refractivity contribution in [1.29, 1.82) is 0 Å². The van der Waals surface area contributed by atoms with Gasteiger partial charge in [-0.2, -0.15) is 0 Å². The number of anilines is 1. The van der Waals surface area contributed by atoms with Gasteiger partial charge >= 0.3 is 0 Å². The Morgan fingerprint density at radius 1 is 1.13 bits per heavy atom. The summed E-state index contributed by atoms with van der Waals surface area (Å²) in [5.74, 6) is 0.734. The zero-order valence-electron chi connectivity index (χ0n) is 12.9. The van der Waals surface area contributed by atoms with Gasteiger partial charge in [0, 0.05) is 38.1 Å². The average Bonchev–Trinajstić information content (AvgIpc) is 2.62. The van der Waals surface area contributed by atoms with Crippen LogP contribution >= 0.6 is 11.6 Å². The zero-order chi connectivity index (χ0) is 16.2. The van der Waals surface area contributed by atoms with E-state index in [9.17, 15) is 4.79 Å². The summed E-state index contributed by atoms with van der Waals surface area (Å²) in [5.41, 5.74) is 1.46. The largest absolute Gasteiger partial charge is 0.497 e. The van der Waals surface area contributed by atoms with Crippen LogP contribution in [-0.2, 0) is 0 Å². The highest BCUT2D eigenvalue weighted by Gasteiger charge is 2.24. The molecule has 0 saturated carbocycles. The number of ether oxygens (including phenoxy) is 1. The van der Waals surface area contributed by atoms with Crippen molar-refractivity contribution >= 4 is 23.2 Å². The van der Waals surface area contributed by atoms with Gasteiger partial charge in [0.2, 0.25) is 0 Å².